The summed E-state index contributed by atoms with van der Waals surface area (Å²) in [6.45, 7) is 0. The van der Waals surface area contributed by atoms with E-state index in [-0.39, 0.29) is 17.3 Å². The van der Waals surface area contributed by atoms with Gasteiger partial charge in [0.25, 0.3) is 5.22 Å². The van der Waals surface area contributed by atoms with Crippen LogP contribution in [0.3, 0.4) is 0 Å². The second-order valence-corrected chi connectivity index (χ2v) is 7.53. The molecule has 3 aromatic rings. The molecule has 0 aliphatic carbocycles. The van der Waals surface area contributed by atoms with Crippen LogP contribution < -0.4 is 8.92 Å². The van der Waals surface area contributed by atoms with Gasteiger partial charge in [0.1, 0.15) is 5.52 Å². The molecule has 0 saturated carbocycles. The highest BCUT2D eigenvalue weighted by molar-refractivity contribution is 8.00. The fourth-order valence-corrected chi connectivity index (χ4v) is 4.14. The van der Waals surface area contributed by atoms with E-state index in [1.54, 1.807) is 24.3 Å². The van der Waals surface area contributed by atoms with Gasteiger partial charge in [-0.3, -0.25) is 0 Å². The molecule has 0 saturated heterocycles. The quantitative estimate of drug-likeness (QED) is 0.469. The number of hydrogen-bond donors (Lipinski definition) is 0. The Morgan fingerprint density at radius 2 is 1.79 bits per heavy atom. The van der Waals surface area contributed by atoms with Gasteiger partial charge in [-0.25, -0.2) is 4.98 Å². The average Bonchev–Trinajstić information content (AvgIpc) is 2.97. The van der Waals surface area contributed by atoms with Crippen LogP contribution in [-0.4, -0.2) is 32.0 Å². The third-order valence-corrected chi connectivity index (χ3v) is 5.34. The molecule has 3 rings (SSSR count). The molecule has 0 aliphatic rings. The van der Waals surface area contributed by atoms with E-state index in [9.17, 15) is 8.42 Å². The summed E-state index contributed by atoms with van der Waals surface area (Å²) in [7, 11) is -2.28. The van der Waals surface area contributed by atoms with Crippen molar-refractivity contribution in [1.29, 1.82) is 0 Å². The van der Waals surface area contributed by atoms with Crippen molar-refractivity contribution in [3.63, 3.8) is 0 Å². The van der Waals surface area contributed by atoms with Crippen LogP contribution in [0.1, 0.15) is 0 Å². The number of benzene rings is 2. The Morgan fingerprint density at radius 3 is 2.54 bits per heavy atom. The van der Waals surface area contributed by atoms with E-state index >= 15 is 0 Å². The zero-order valence-corrected chi connectivity index (χ0v) is 14.5. The number of oxazole rings is 1. The largest absolute Gasteiger partial charge is 0.493 e. The van der Waals surface area contributed by atoms with Gasteiger partial charge < -0.3 is 13.3 Å². The van der Waals surface area contributed by atoms with Crippen molar-refractivity contribution in [1.82, 2.24) is 4.98 Å². The van der Waals surface area contributed by atoms with Gasteiger partial charge in [0, 0.05) is 5.75 Å². The number of para-hydroxylation sites is 4. The highest BCUT2D eigenvalue weighted by Crippen LogP contribution is 2.28. The maximum Gasteiger partial charge on any atom is 0.310 e. The minimum absolute atomic E-state index is 0.172. The summed E-state index contributed by atoms with van der Waals surface area (Å²) in [5.41, 5.74) is 1.42. The molecular weight excluding hydrogens is 350 g/mol. The third kappa shape index (κ3) is 4.01. The number of rotatable bonds is 7. The molecule has 1 heterocycles. The number of thioether (sulfide) groups is 1. The second kappa shape index (κ2) is 7.14. The van der Waals surface area contributed by atoms with Gasteiger partial charge in [0.15, 0.2) is 17.1 Å². The average molecular weight is 365 g/mol. The Kier molecular flexibility index (Phi) is 4.96. The van der Waals surface area contributed by atoms with Crippen LogP contribution in [0.4, 0.5) is 0 Å². The molecule has 0 atom stereocenters. The molecule has 0 amide bonds. The van der Waals surface area contributed by atoms with Crippen LogP contribution in [0.15, 0.2) is 58.2 Å². The normalized spacial score (nSPS) is 11.5. The van der Waals surface area contributed by atoms with Crippen LogP contribution in [-0.2, 0) is 10.1 Å². The second-order valence-electron chi connectivity index (χ2n) is 4.79. The maximum absolute atomic E-state index is 12.1. The first-order valence-electron chi connectivity index (χ1n) is 7.11. The lowest BCUT2D eigenvalue weighted by Gasteiger charge is -2.09. The number of ether oxygens (including phenoxy) is 1. The Labute approximate surface area is 143 Å². The van der Waals surface area contributed by atoms with E-state index < -0.39 is 10.1 Å². The van der Waals surface area contributed by atoms with E-state index in [1.807, 2.05) is 24.3 Å². The molecule has 126 valence electrons. The number of aromatic nitrogens is 1. The van der Waals surface area contributed by atoms with Crippen LogP contribution in [0, 0.1) is 0 Å². The minimum atomic E-state index is -3.74. The third-order valence-electron chi connectivity index (χ3n) is 3.12. The Hall–Kier alpha value is -2.19. The van der Waals surface area contributed by atoms with Gasteiger partial charge in [-0.15, -0.1) is 0 Å². The molecule has 1 aromatic heterocycles. The fourth-order valence-electron chi connectivity index (χ4n) is 2.01. The summed E-state index contributed by atoms with van der Waals surface area (Å²) in [6, 6.07) is 14.0. The van der Waals surface area contributed by atoms with E-state index in [1.165, 1.54) is 18.9 Å². The first-order chi connectivity index (χ1) is 11.6. The molecule has 0 unspecified atom stereocenters. The van der Waals surface area contributed by atoms with Crippen molar-refractivity contribution in [2.24, 2.45) is 0 Å². The molecule has 0 aliphatic heterocycles. The number of hydrogen-bond acceptors (Lipinski definition) is 7. The first-order valence-corrected chi connectivity index (χ1v) is 9.67. The van der Waals surface area contributed by atoms with Crippen molar-refractivity contribution in [2.75, 3.05) is 18.6 Å². The van der Waals surface area contributed by atoms with Gasteiger partial charge in [0.2, 0.25) is 0 Å². The monoisotopic (exact) mass is 365 g/mol. The van der Waals surface area contributed by atoms with Gasteiger partial charge in [-0.2, -0.15) is 8.42 Å². The summed E-state index contributed by atoms with van der Waals surface area (Å²) >= 11 is 1.23. The number of nitrogens with zero attached hydrogens (tertiary/aromatic N) is 1. The lowest BCUT2D eigenvalue weighted by Crippen LogP contribution is -2.15. The fraction of sp³-hybridized carbons (Fsp3) is 0.188. The molecule has 24 heavy (non-hydrogen) atoms. The van der Waals surface area contributed by atoms with Crippen LogP contribution in [0.2, 0.25) is 0 Å². The van der Waals surface area contributed by atoms with Crippen molar-refractivity contribution >= 4 is 33.0 Å². The van der Waals surface area contributed by atoms with Gasteiger partial charge in [-0.1, -0.05) is 36.0 Å². The highest BCUT2D eigenvalue weighted by atomic mass is 32.2. The van der Waals surface area contributed by atoms with Crippen molar-refractivity contribution in [3.05, 3.63) is 48.5 Å². The molecular formula is C16H15NO5S2. The lowest BCUT2D eigenvalue weighted by atomic mass is 10.3. The summed E-state index contributed by atoms with van der Waals surface area (Å²) in [5, 5.41) is 0.434. The SMILES string of the molecule is COc1ccccc1OS(=O)(=O)CCSc1nc2ccccc2o1. The Bertz CT molecular complexity index is 903. The standard InChI is InChI=1S/C16H15NO5S2/c1-20-14-8-4-5-9-15(14)22-24(18,19)11-10-23-16-17-12-6-2-3-7-13(12)21-16/h2-9H,10-11H2,1H3. The zero-order valence-electron chi connectivity index (χ0n) is 12.8. The van der Waals surface area contributed by atoms with Gasteiger partial charge in [0.05, 0.1) is 12.9 Å². The molecule has 0 N–H and O–H groups in total. The number of methoxy groups -OCH3 is 1. The molecule has 0 fully saturated rings. The molecule has 0 spiro atoms. The van der Waals surface area contributed by atoms with Crippen molar-refractivity contribution < 1.29 is 21.8 Å². The molecule has 6 nitrogen and oxygen atoms in total. The predicted octanol–water partition coefficient (Wildman–Crippen LogP) is 3.34. The lowest BCUT2D eigenvalue weighted by molar-refractivity contribution is 0.391. The molecule has 8 heteroatoms. The Morgan fingerprint density at radius 1 is 1.08 bits per heavy atom. The van der Waals surface area contributed by atoms with Crippen molar-refractivity contribution in [2.45, 2.75) is 5.22 Å². The smallest absolute Gasteiger partial charge is 0.310 e. The molecule has 0 radical (unpaired) electrons. The first kappa shape index (κ1) is 16.7. The zero-order chi connectivity index (χ0) is 17.0. The van der Waals surface area contributed by atoms with E-state index in [0.717, 1.165) is 5.52 Å². The molecule has 0 bridgehead atoms. The maximum atomic E-state index is 12.1. The van der Waals surface area contributed by atoms with E-state index in [2.05, 4.69) is 4.98 Å². The molecule has 2 aromatic carbocycles. The van der Waals surface area contributed by atoms with Crippen molar-refractivity contribution in [3.8, 4) is 11.5 Å². The minimum Gasteiger partial charge on any atom is -0.493 e. The summed E-state index contributed by atoms with van der Waals surface area (Å²) in [5.74, 6) is 0.637. The number of fused-ring (bicyclic) bond motifs is 1. The van der Waals surface area contributed by atoms with Crippen LogP contribution in [0.25, 0.3) is 11.1 Å². The highest BCUT2D eigenvalue weighted by Gasteiger charge is 2.17. The van der Waals surface area contributed by atoms with Crippen LogP contribution >= 0.6 is 11.8 Å². The van der Waals surface area contributed by atoms with Gasteiger partial charge in [-0.05, 0) is 24.3 Å². The van der Waals surface area contributed by atoms with Crippen LogP contribution in [0.5, 0.6) is 11.5 Å². The summed E-state index contributed by atoms with van der Waals surface area (Å²) in [6.07, 6.45) is 0. The predicted molar refractivity (Wildman–Crippen MR) is 92.1 cm³/mol. The topological polar surface area (TPSA) is 78.6 Å². The Balaban J connectivity index is 1.60. The summed E-state index contributed by atoms with van der Waals surface area (Å²) in [4.78, 5) is 4.28. The van der Waals surface area contributed by atoms with E-state index in [0.29, 0.717) is 16.6 Å². The van der Waals surface area contributed by atoms with Gasteiger partial charge >= 0.3 is 10.1 Å². The summed E-state index contributed by atoms with van der Waals surface area (Å²) < 4.78 is 39.9. The van der Waals surface area contributed by atoms with E-state index in [4.69, 9.17) is 13.3 Å².